The van der Waals surface area contributed by atoms with Crippen LogP contribution in [0, 0.1) is 4.91 Å². The molecule has 0 unspecified atom stereocenters. The van der Waals surface area contributed by atoms with Crippen LogP contribution in [0.3, 0.4) is 0 Å². The molecule has 3 heteroatoms. The second-order valence-corrected chi connectivity index (χ2v) is 2.92. The molecule has 0 fully saturated rings. The van der Waals surface area contributed by atoms with Gasteiger partial charge in [-0.25, -0.2) is 0 Å². The number of nitrogens with zero attached hydrogens (tertiary/aromatic N) is 1. The first-order valence-electron chi connectivity index (χ1n) is 3.59. The van der Waals surface area contributed by atoms with E-state index in [1.54, 1.807) is 0 Å². The van der Waals surface area contributed by atoms with E-state index in [2.05, 4.69) is 4.58 Å². The van der Waals surface area contributed by atoms with E-state index in [1.807, 2.05) is 42.5 Å². The summed E-state index contributed by atoms with van der Waals surface area (Å²) >= 11 is 1.01. The predicted molar refractivity (Wildman–Crippen MR) is 53.7 cm³/mol. The fourth-order valence-electron chi connectivity index (χ4n) is 0.822. The molecule has 1 aromatic rings. The molecular weight excluding hydrogens is 170 g/mol. The van der Waals surface area contributed by atoms with Crippen LogP contribution in [0.2, 0.25) is 0 Å². The minimum absolute atomic E-state index is 0.637. The van der Waals surface area contributed by atoms with E-state index in [0.29, 0.717) is 5.75 Å². The molecule has 1 rings (SSSR count). The molecular formula is C9H9NOS. The molecule has 0 spiro atoms. The van der Waals surface area contributed by atoms with Gasteiger partial charge >= 0.3 is 0 Å². The minimum Gasteiger partial charge on any atom is -0.137 e. The molecule has 0 radical (unpaired) electrons. The summed E-state index contributed by atoms with van der Waals surface area (Å²) in [5.74, 6) is 0.637. The average molecular weight is 179 g/mol. The Balaban J connectivity index is 2.41. The zero-order valence-corrected chi connectivity index (χ0v) is 7.33. The van der Waals surface area contributed by atoms with Gasteiger partial charge in [-0.05, 0) is 5.56 Å². The van der Waals surface area contributed by atoms with Gasteiger partial charge in [0.05, 0.1) is 0 Å². The largest absolute Gasteiger partial charge is 0.137 e. The summed E-state index contributed by atoms with van der Waals surface area (Å²) in [6.07, 6.45) is 3.89. The van der Waals surface area contributed by atoms with Crippen molar-refractivity contribution < 1.29 is 0 Å². The van der Waals surface area contributed by atoms with E-state index in [4.69, 9.17) is 0 Å². The van der Waals surface area contributed by atoms with E-state index < -0.39 is 0 Å². The van der Waals surface area contributed by atoms with Crippen LogP contribution >= 0.6 is 11.9 Å². The summed E-state index contributed by atoms with van der Waals surface area (Å²) in [5, 5.41) is 0. The molecule has 0 amide bonds. The zero-order chi connectivity index (χ0) is 8.65. The van der Waals surface area contributed by atoms with Gasteiger partial charge in [-0.3, -0.25) is 0 Å². The van der Waals surface area contributed by atoms with E-state index in [0.717, 1.165) is 17.5 Å². The predicted octanol–water partition coefficient (Wildman–Crippen LogP) is 3.11. The van der Waals surface area contributed by atoms with Crippen molar-refractivity contribution >= 4 is 18.0 Å². The van der Waals surface area contributed by atoms with Gasteiger partial charge in [0, 0.05) is 22.3 Å². The van der Waals surface area contributed by atoms with Crippen LogP contribution in [0.15, 0.2) is 41.0 Å². The zero-order valence-electron chi connectivity index (χ0n) is 6.51. The summed E-state index contributed by atoms with van der Waals surface area (Å²) < 4.78 is 2.68. The maximum Gasteiger partial charge on any atom is 0.0371 e. The van der Waals surface area contributed by atoms with Crippen LogP contribution in [-0.4, -0.2) is 5.75 Å². The maximum atomic E-state index is 9.70. The van der Waals surface area contributed by atoms with Crippen LogP contribution in [-0.2, 0) is 0 Å². The van der Waals surface area contributed by atoms with Crippen LogP contribution in [0.25, 0.3) is 6.08 Å². The van der Waals surface area contributed by atoms with E-state index in [1.165, 1.54) is 0 Å². The van der Waals surface area contributed by atoms with Crippen molar-refractivity contribution in [3.8, 4) is 0 Å². The molecule has 0 saturated carbocycles. The summed E-state index contributed by atoms with van der Waals surface area (Å²) in [4.78, 5) is 9.70. The molecule has 62 valence electrons. The summed E-state index contributed by atoms with van der Waals surface area (Å²) in [7, 11) is 0. The van der Waals surface area contributed by atoms with E-state index >= 15 is 0 Å². The van der Waals surface area contributed by atoms with Gasteiger partial charge in [-0.2, -0.15) is 0 Å². The van der Waals surface area contributed by atoms with Gasteiger partial charge < -0.3 is 0 Å². The second-order valence-electron chi connectivity index (χ2n) is 2.18. The van der Waals surface area contributed by atoms with Crippen LogP contribution in [0.5, 0.6) is 0 Å². The Labute approximate surface area is 75.8 Å². The Morgan fingerprint density at radius 2 is 2.08 bits per heavy atom. The highest BCUT2D eigenvalue weighted by Gasteiger charge is 1.82. The van der Waals surface area contributed by atoms with Gasteiger partial charge in [0.15, 0.2) is 0 Å². The highest BCUT2D eigenvalue weighted by Crippen LogP contribution is 2.04. The normalized spacial score (nSPS) is 10.3. The van der Waals surface area contributed by atoms with Crippen LogP contribution < -0.4 is 0 Å². The molecule has 0 atom stereocenters. The lowest BCUT2D eigenvalue weighted by molar-refractivity contribution is 1.64. The monoisotopic (exact) mass is 179 g/mol. The van der Waals surface area contributed by atoms with Crippen molar-refractivity contribution in [3.63, 3.8) is 0 Å². The molecule has 0 aliphatic rings. The molecule has 0 N–H and O–H groups in total. The topological polar surface area (TPSA) is 29.4 Å². The third-order valence-corrected chi connectivity index (χ3v) is 1.78. The first-order chi connectivity index (χ1) is 5.93. The van der Waals surface area contributed by atoms with Crippen molar-refractivity contribution in [2.24, 2.45) is 4.58 Å². The summed E-state index contributed by atoms with van der Waals surface area (Å²) in [6.45, 7) is 0. The first kappa shape index (κ1) is 9.00. The molecule has 0 aliphatic carbocycles. The summed E-state index contributed by atoms with van der Waals surface area (Å²) in [5.41, 5.74) is 1.14. The SMILES string of the molecule is O=NSC/C=C/c1ccccc1. The summed E-state index contributed by atoms with van der Waals surface area (Å²) in [6, 6.07) is 9.94. The van der Waals surface area contributed by atoms with Gasteiger partial charge in [-0.15, -0.1) is 4.91 Å². The number of hydrogen-bond donors (Lipinski definition) is 0. The highest BCUT2D eigenvalue weighted by molar-refractivity contribution is 7.98. The Hall–Kier alpha value is -1.09. The smallest absolute Gasteiger partial charge is 0.0371 e. The van der Waals surface area contributed by atoms with E-state index in [9.17, 15) is 4.91 Å². The Morgan fingerprint density at radius 1 is 1.33 bits per heavy atom. The van der Waals surface area contributed by atoms with Crippen molar-refractivity contribution in [2.45, 2.75) is 0 Å². The average Bonchev–Trinajstić information content (AvgIpc) is 2.14. The van der Waals surface area contributed by atoms with Crippen LogP contribution in [0.1, 0.15) is 5.56 Å². The maximum absolute atomic E-state index is 9.70. The Kier molecular flexibility index (Phi) is 4.16. The number of nitroso groups, excluding NO2 is 1. The first-order valence-corrected chi connectivity index (χ1v) is 4.54. The quantitative estimate of drug-likeness (QED) is 0.403. The lowest BCUT2D eigenvalue weighted by atomic mass is 10.2. The molecule has 12 heavy (non-hydrogen) atoms. The Bertz CT molecular complexity index is 258. The fourth-order valence-corrected chi connectivity index (χ4v) is 1.06. The highest BCUT2D eigenvalue weighted by atomic mass is 32.2. The number of rotatable bonds is 4. The molecule has 1 aromatic carbocycles. The molecule has 0 heterocycles. The molecule has 0 aliphatic heterocycles. The standard InChI is InChI=1S/C9H9NOS/c11-10-12-8-4-7-9-5-2-1-3-6-9/h1-7H,8H2/b7-4+. The van der Waals surface area contributed by atoms with Gasteiger partial charge in [0.1, 0.15) is 0 Å². The lowest BCUT2D eigenvalue weighted by Crippen LogP contribution is -1.69. The van der Waals surface area contributed by atoms with Gasteiger partial charge in [0.2, 0.25) is 0 Å². The third kappa shape index (κ3) is 3.34. The molecule has 2 nitrogen and oxygen atoms in total. The molecule has 0 aromatic heterocycles. The number of benzene rings is 1. The van der Waals surface area contributed by atoms with Crippen LogP contribution in [0.4, 0.5) is 0 Å². The Morgan fingerprint density at radius 3 is 2.75 bits per heavy atom. The van der Waals surface area contributed by atoms with Gasteiger partial charge in [0.25, 0.3) is 0 Å². The minimum atomic E-state index is 0.637. The third-order valence-electron chi connectivity index (χ3n) is 1.33. The van der Waals surface area contributed by atoms with Gasteiger partial charge in [-0.1, -0.05) is 42.5 Å². The van der Waals surface area contributed by atoms with E-state index in [-0.39, 0.29) is 0 Å². The number of hydrogen-bond acceptors (Lipinski definition) is 3. The molecule has 0 saturated heterocycles. The second kappa shape index (κ2) is 5.55. The molecule has 0 bridgehead atoms. The van der Waals surface area contributed by atoms with Crippen molar-refractivity contribution in [3.05, 3.63) is 46.9 Å². The van der Waals surface area contributed by atoms with Crippen molar-refractivity contribution in [2.75, 3.05) is 5.75 Å². The van der Waals surface area contributed by atoms with Crippen molar-refractivity contribution in [1.82, 2.24) is 0 Å². The fraction of sp³-hybridized carbons (Fsp3) is 0.111. The van der Waals surface area contributed by atoms with Crippen molar-refractivity contribution in [1.29, 1.82) is 0 Å². The lowest BCUT2D eigenvalue weighted by Gasteiger charge is -1.89.